The minimum Gasteiger partial charge on any atom is -0.432 e. The SMILES string of the molecule is CC(C)OC(=O)OCOP(=O)(C/C=C/Cn1cc(F)c(=O)[nH]c1=O)OCCCCCCCCCCCCCCCCOCCCO. The normalized spacial score (nSPS) is 13.0. The lowest BCUT2D eigenvalue weighted by Gasteiger charge is -2.17. The van der Waals surface area contributed by atoms with Gasteiger partial charge in [0.25, 0.3) is 5.56 Å². The van der Waals surface area contributed by atoms with E-state index >= 15 is 0 Å². The smallest absolute Gasteiger partial charge is 0.432 e. The van der Waals surface area contributed by atoms with Gasteiger partial charge in [-0.2, -0.15) is 4.39 Å². The average molecular weight is 679 g/mol. The second-order valence-electron chi connectivity index (χ2n) is 11.4. The summed E-state index contributed by atoms with van der Waals surface area (Å²) in [5.74, 6) is -1.10. The third-order valence-electron chi connectivity index (χ3n) is 6.94. The number of ether oxygens (including phenoxy) is 3. The number of rotatable bonds is 29. The monoisotopic (exact) mass is 678 g/mol. The highest BCUT2D eigenvalue weighted by Gasteiger charge is 2.24. The van der Waals surface area contributed by atoms with Crippen molar-refractivity contribution in [1.82, 2.24) is 9.55 Å². The Morgan fingerprint density at radius 3 is 1.98 bits per heavy atom. The largest absolute Gasteiger partial charge is 0.510 e. The highest BCUT2D eigenvalue weighted by atomic mass is 31.2. The zero-order valence-corrected chi connectivity index (χ0v) is 28.7. The molecule has 12 nitrogen and oxygen atoms in total. The molecule has 46 heavy (non-hydrogen) atoms. The number of nitrogens with one attached hydrogen (secondary N) is 1. The minimum absolute atomic E-state index is 0.0757. The summed E-state index contributed by atoms with van der Waals surface area (Å²) in [7, 11) is -3.71. The Hall–Kier alpha value is -2.31. The molecule has 0 saturated heterocycles. The van der Waals surface area contributed by atoms with E-state index in [0.717, 1.165) is 43.1 Å². The number of aromatic amines is 1. The molecule has 1 heterocycles. The van der Waals surface area contributed by atoms with E-state index in [0.29, 0.717) is 19.4 Å². The summed E-state index contributed by atoms with van der Waals surface area (Å²) in [6.45, 7) is 4.46. The first-order valence-corrected chi connectivity index (χ1v) is 18.4. The van der Waals surface area contributed by atoms with Crippen LogP contribution in [-0.2, 0) is 34.4 Å². The van der Waals surface area contributed by atoms with E-state index in [2.05, 4.69) is 0 Å². The molecular weight excluding hydrogens is 622 g/mol. The molecule has 0 aliphatic heterocycles. The molecule has 2 N–H and O–H groups in total. The summed E-state index contributed by atoms with van der Waals surface area (Å²) in [5.41, 5.74) is -1.88. The van der Waals surface area contributed by atoms with E-state index in [4.69, 9.17) is 28.4 Å². The summed E-state index contributed by atoms with van der Waals surface area (Å²) in [4.78, 5) is 36.5. The number of aliphatic hydroxyl groups is 1. The lowest BCUT2D eigenvalue weighted by Crippen LogP contribution is -2.31. The molecule has 14 heteroatoms. The maximum atomic E-state index is 13.5. The van der Waals surface area contributed by atoms with E-state index < -0.39 is 37.6 Å². The molecule has 0 saturated carbocycles. The molecule has 0 aliphatic carbocycles. The zero-order valence-electron chi connectivity index (χ0n) is 27.8. The van der Waals surface area contributed by atoms with Crippen LogP contribution in [0.4, 0.5) is 9.18 Å². The lowest BCUT2D eigenvalue weighted by molar-refractivity contribution is -0.0127. The number of allylic oxidation sites excluding steroid dienone is 2. The maximum Gasteiger partial charge on any atom is 0.510 e. The number of H-pyrrole nitrogens is 1. The van der Waals surface area contributed by atoms with E-state index in [1.165, 1.54) is 69.9 Å². The molecule has 1 aromatic heterocycles. The molecule has 1 rings (SSSR count). The van der Waals surface area contributed by atoms with Crippen LogP contribution in [-0.4, -0.2) is 66.3 Å². The Labute approximate surface area is 272 Å². The number of halogens is 1. The molecule has 1 atom stereocenters. The van der Waals surface area contributed by atoms with Gasteiger partial charge in [-0.1, -0.05) is 89.2 Å². The van der Waals surface area contributed by atoms with Gasteiger partial charge in [0.15, 0.2) is 0 Å². The fourth-order valence-electron chi connectivity index (χ4n) is 4.43. The Morgan fingerprint density at radius 2 is 1.41 bits per heavy atom. The molecule has 0 radical (unpaired) electrons. The summed E-state index contributed by atoms with van der Waals surface area (Å²) >= 11 is 0. The van der Waals surface area contributed by atoms with Crippen molar-refractivity contribution >= 4 is 13.8 Å². The van der Waals surface area contributed by atoms with Gasteiger partial charge in [-0.05, 0) is 33.1 Å². The van der Waals surface area contributed by atoms with Gasteiger partial charge in [0.05, 0.1) is 25.1 Å². The first-order valence-electron chi connectivity index (χ1n) is 16.7. The van der Waals surface area contributed by atoms with Gasteiger partial charge in [-0.15, -0.1) is 0 Å². The number of aromatic nitrogens is 2. The molecule has 0 spiro atoms. The van der Waals surface area contributed by atoms with Gasteiger partial charge < -0.3 is 23.8 Å². The van der Waals surface area contributed by atoms with E-state index in [9.17, 15) is 23.3 Å². The second-order valence-corrected chi connectivity index (χ2v) is 13.5. The van der Waals surface area contributed by atoms with Crippen LogP contribution in [0.1, 0.15) is 110 Å². The van der Waals surface area contributed by atoms with Crippen LogP contribution >= 0.6 is 7.60 Å². The van der Waals surface area contributed by atoms with Crippen LogP contribution in [0.2, 0.25) is 0 Å². The molecule has 1 unspecified atom stereocenters. The van der Waals surface area contributed by atoms with Crippen molar-refractivity contribution in [3.05, 3.63) is 45.0 Å². The fraction of sp³-hybridized carbons (Fsp3) is 0.781. The van der Waals surface area contributed by atoms with Crippen molar-refractivity contribution < 1.29 is 42.1 Å². The topological polar surface area (TPSA) is 155 Å². The van der Waals surface area contributed by atoms with Crippen molar-refractivity contribution in [3.8, 4) is 0 Å². The standard InChI is InChI=1S/C32H56FN2O10P/c1-28(2)45-32(39)42-27-44-46(40,25-18-15-20-35-26-29(33)30(37)34-31(35)38)43-24-17-14-12-10-8-6-4-3-5-7-9-11-13-16-22-41-23-19-21-36/h15,18,26,28,36H,3-14,16-17,19-25,27H2,1-2H3,(H,34,37,38)/b18-15+. The summed E-state index contributed by atoms with van der Waals surface area (Å²) in [5, 5.41) is 8.71. The van der Waals surface area contributed by atoms with Crippen LogP contribution in [0, 0.1) is 5.82 Å². The van der Waals surface area contributed by atoms with E-state index in [1.807, 2.05) is 4.98 Å². The summed E-state index contributed by atoms with van der Waals surface area (Å²) < 4.78 is 53.7. The van der Waals surface area contributed by atoms with E-state index in [-0.39, 0.29) is 32.0 Å². The highest BCUT2D eigenvalue weighted by Crippen LogP contribution is 2.48. The minimum atomic E-state index is -3.71. The maximum absolute atomic E-state index is 13.5. The second kappa shape index (κ2) is 26.7. The predicted molar refractivity (Wildman–Crippen MR) is 175 cm³/mol. The highest BCUT2D eigenvalue weighted by molar-refractivity contribution is 7.54. The molecule has 0 fully saturated rings. The predicted octanol–water partition coefficient (Wildman–Crippen LogP) is 6.84. The molecule has 1 aromatic rings. The van der Waals surface area contributed by atoms with Gasteiger partial charge in [-0.3, -0.25) is 23.4 Å². The Balaban J connectivity index is 2.23. The summed E-state index contributed by atoms with van der Waals surface area (Å²) in [6.07, 6.45) is 19.1. The third kappa shape index (κ3) is 22.3. The van der Waals surface area contributed by atoms with Crippen molar-refractivity contribution in [2.24, 2.45) is 0 Å². The number of unbranched alkanes of at least 4 members (excludes halogenated alkanes) is 13. The van der Waals surface area contributed by atoms with Crippen LogP contribution in [0.25, 0.3) is 0 Å². The third-order valence-corrected chi connectivity index (χ3v) is 8.67. The van der Waals surface area contributed by atoms with E-state index in [1.54, 1.807) is 13.8 Å². The van der Waals surface area contributed by atoms with Crippen molar-refractivity contribution in [2.45, 2.75) is 123 Å². The van der Waals surface area contributed by atoms with Gasteiger partial charge in [-0.25, -0.2) is 9.59 Å². The zero-order chi connectivity index (χ0) is 33.9. The number of carbonyl (C=O) groups excluding carboxylic acids is 1. The number of hydrogen-bond acceptors (Lipinski definition) is 10. The molecule has 266 valence electrons. The van der Waals surface area contributed by atoms with Gasteiger partial charge in [0, 0.05) is 26.4 Å². The molecule has 0 aliphatic rings. The Kier molecular flexibility index (Phi) is 24.2. The van der Waals surface area contributed by atoms with Crippen LogP contribution in [0.3, 0.4) is 0 Å². The summed E-state index contributed by atoms with van der Waals surface area (Å²) in [6, 6.07) is 0. The fourth-order valence-corrected chi connectivity index (χ4v) is 5.75. The number of carbonyl (C=O) groups is 1. The quantitative estimate of drug-likeness (QED) is 0.0303. The van der Waals surface area contributed by atoms with Gasteiger partial charge >= 0.3 is 19.4 Å². The Morgan fingerprint density at radius 1 is 0.870 bits per heavy atom. The van der Waals surface area contributed by atoms with Crippen molar-refractivity contribution in [3.63, 3.8) is 0 Å². The lowest BCUT2D eigenvalue weighted by atomic mass is 10.0. The first kappa shape index (κ1) is 41.7. The molecule has 0 bridgehead atoms. The molecule has 0 aromatic carbocycles. The van der Waals surface area contributed by atoms with Gasteiger partial charge in [0.1, 0.15) is 0 Å². The average Bonchev–Trinajstić information content (AvgIpc) is 3.00. The number of aliphatic hydroxyl groups excluding tert-OH is 1. The molecule has 0 amide bonds. The van der Waals surface area contributed by atoms with Crippen LogP contribution < -0.4 is 11.2 Å². The number of nitrogens with zero attached hydrogens (tertiary/aromatic N) is 1. The van der Waals surface area contributed by atoms with Crippen LogP contribution in [0.5, 0.6) is 0 Å². The number of hydrogen-bond donors (Lipinski definition) is 2. The van der Waals surface area contributed by atoms with Gasteiger partial charge in [0.2, 0.25) is 12.6 Å². The first-order chi connectivity index (χ1) is 22.2. The molecular formula is C32H56FN2O10P. The van der Waals surface area contributed by atoms with Crippen molar-refractivity contribution in [1.29, 1.82) is 0 Å². The van der Waals surface area contributed by atoms with Crippen molar-refractivity contribution in [2.75, 3.05) is 39.4 Å². The van der Waals surface area contributed by atoms with Crippen LogP contribution in [0.15, 0.2) is 27.9 Å². The Bertz CT molecular complexity index is 1120.